The summed E-state index contributed by atoms with van der Waals surface area (Å²) in [5.74, 6) is -1.45. The molecule has 0 saturated heterocycles. The minimum absolute atomic E-state index is 0.164. The molecule has 18 heavy (non-hydrogen) atoms. The lowest BCUT2D eigenvalue weighted by molar-refractivity contribution is 0.0850. The predicted molar refractivity (Wildman–Crippen MR) is 66.2 cm³/mol. The van der Waals surface area contributed by atoms with Crippen molar-refractivity contribution < 1.29 is 14.4 Å². The van der Waals surface area contributed by atoms with Gasteiger partial charge in [0.1, 0.15) is 5.82 Å². The largest absolute Gasteiger partial charge is 0.284 e. The fraction of sp³-hybridized carbons (Fsp3) is 0.0714. The summed E-state index contributed by atoms with van der Waals surface area (Å²) in [5, 5.41) is 10.3. The van der Waals surface area contributed by atoms with Crippen molar-refractivity contribution in [3.05, 3.63) is 65.5 Å². The molecule has 0 bridgehead atoms. The Labute approximate surface area is 104 Å². The number of carbonyl (C=O) groups is 1. The van der Waals surface area contributed by atoms with E-state index in [0.29, 0.717) is 10.8 Å². The molecule has 0 spiro atoms. The van der Waals surface area contributed by atoms with Gasteiger partial charge in [0.2, 0.25) is 0 Å². The molecule has 3 nitrogen and oxygen atoms in total. The number of halogens is 1. The lowest BCUT2D eigenvalue weighted by atomic mass is 10.1. The summed E-state index contributed by atoms with van der Waals surface area (Å²) in [4.78, 5) is 12.0. The number of nitrogens with zero attached hydrogens (tertiary/aromatic N) is 1. The molecule has 92 valence electrons. The number of hydroxylamine groups is 1. The van der Waals surface area contributed by atoms with Crippen molar-refractivity contribution >= 4 is 11.6 Å². The number of hydrogen-bond donors (Lipinski definition) is 1. The maximum atomic E-state index is 13.5. The zero-order chi connectivity index (χ0) is 13.1. The summed E-state index contributed by atoms with van der Waals surface area (Å²) in [6.45, 7) is 1.76. The van der Waals surface area contributed by atoms with Crippen LogP contribution in [0.2, 0.25) is 0 Å². The summed E-state index contributed by atoms with van der Waals surface area (Å²) in [6.07, 6.45) is 0. The van der Waals surface area contributed by atoms with Crippen LogP contribution in [-0.2, 0) is 0 Å². The molecule has 0 aliphatic heterocycles. The molecule has 1 N–H and O–H groups in total. The van der Waals surface area contributed by atoms with Gasteiger partial charge in [-0.3, -0.25) is 10.0 Å². The van der Waals surface area contributed by atoms with E-state index in [1.165, 1.54) is 18.2 Å². The maximum Gasteiger partial charge on any atom is 0.284 e. The Morgan fingerprint density at radius 3 is 2.39 bits per heavy atom. The van der Waals surface area contributed by atoms with Gasteiger partial charge in [0.05, 0.1) is 11.3 Å². The van der Waals surface area contributed by atoms with Crippen molar-refractivity contribution in [3.63, 3.8) is 0 Å². The van der Waals surface area contributed by atoms with Crippen LogP contribution in [-0.4, -0.2) is 11.1 Å². The zero-order valence-corrected chi connectivity index (χ0v) is 9.80. The number of aryl methyl sites for hydroxylation is 1. The molecule has 2 aromatic rings. The Morgan fingerprint density at radius 2 is 1.72 bits per heavy atom. The summed E-state index contributed by atoms with van der Waals surface area (Å²) in [5.41, 5.74) is 0.902. The van der Waals surface area contributed by atoms with Crippen molar-refractivity contribution in [3.8, 4) is 0 Å². The fourth-order valence-electron chi connectivity index (χ4n) is 1.66. The van der Waals surface area contributed by atoms with Crippen LogP contribution in [0.25, 0.3) is 0 Å². The monoisotopic (exact) mass is 245 g/mol. The van der Waals surface area contributed by atoms with E-state index in [-0.39, 0.29) is 5.56 Å². The van der Waals surface area contributed by atoms with Crippen LogP contribution in [0, 0.1) is 12.7 Å². The SMILES string of the molecule is Cc1ccccc1N(O)C(=O)c1ccccc1F. The molecule has 2 rings (SSSR count). The van der Waals surface area contributed by atoms with E-state index in [2.05, 4.69) is 0 Å². The highest BCUT2D eigenvalue weighted by molar-refractivity contribution is 6.04. The van der Waals surface area contributed by atoms with Crippen molar-refractivity contribution in [2.75, 3.05) is 5.06 Å². The van der Waals surface area contributed by atoms with Gasteiger partial charge in [-0.1, -0.05) is 30.3 Å². The molecule has 2 aromatic carbocycles. The van der Waals surface area contributed by atoms with Gasteiger partial charge in [-0.15, -0.1) is 0 Å². The molecular formula is C14H12FNO2. The highest BCUT2D eigenvalue weighted by atomic mass is 19.1. The summed E-state index contributed by atoms with van der Waals surface area (Å²) in [7, 11) is 0. The van der Waals surface area contributed by atoms with Crippen LogP contribution >= 0.6 is 0 Å². The molecular weight excluding hydrogens is 233 g/mol. The number of rotatable bonds is 2. The smallest absolute Gasteiger partial charge is 0.281 e. The topological polar surface area (TPSA) is 40.5 Å². The van der Waals surface area contributed by atoms with Gasteiger partial charge >= 0.3 is 0 Å². The first-order valence-electron chi connectivity index (χ1n) is 5.45. The van der Waals surface area contributed by atoms with Crippen molar-refractivity contribution in [2.24, 2.45) is 0 Å². The molecule has 0 aromatic heterocycles. The molecule has 0 unspecified atom stereocenters. The van der Waals surface area contributed by atoms with Gasteiger partial charge in [-0.2, -0.15) is 5.06 Å². The van der Waals surface area contributed by atoms with Crippen LogP contribution < -0.4 is 5.06 Å². The molecule has 0 saturated carbocycles. The van der Waals surface area contributed by atoms with Crippen LogP contribution in [0.1, 0.15) is 15.9 Å². The number of amides is 1. The van der Waals surface area contributed by atoms with Crippen molar-refractivity contribution in [2.45, 2.75) is 6.92 Å². The molecule has 0 atom stereocenters. The second kappa shape index (κ2) is 4.98. The molecule has 4 heteroatoms. The van der Waals surface area contributed by atoms with E-state index in [0.717, 1.165) is 5.56 Å². The van der Waals surface area contributed by atoms with Gasteiger partial charge in [-0.05, 0) is 30.7 Å². The third kappa shape index (κ3) is 2.24. The third-order valence-corrected chi connectivity index (χ3v) is 2.64. The quantitative estimate of drug-likeness (QED) is 0.652. The van der Waals surface area contributed by atoms with Gasteiger partial charge in [-0.25, -0.2) is 4.39 Å². The van der Waals surface area contributed by atoms with E-state index in [4.69, 9.17) is 0 Å². The van der Waals surface area contributed by atoms with E-state index in [1.807, 2.05) is 0 Å². The molecule has 0 heterocycles. The summed E-state index contributed by atoms with van der Waals surface area (Å²) < 4.78 is 13.5. The van der Waals surface area contributed by atoms with E-state index < -0.39 is 11.7 Å². The highest BCUT2D eigenvalue weighted by Gasteiger charge is 2.19. The Kier molecular flexibility index (Phi) is 3.39. The Balaban J connectivity index is 2.36. The average molecular weight is 245 g/mol. The molecule has 0 aliphatic rings. The van der Waals surface area contributed by atoms with Crippen molar-refractivity contribution in [1.29, 1.82) is 0 Å². The lowest BCUT2D eigenvalue weighted by Gasteiger charge is -2.17. The van der Waals surface area contributed by atoms with Gasteiger partial charge in [0.25, 0.3) is 5.91 Å². The van der Waals surface area contributed by atoms with E-state index in [9.17, 15) is 14.4 Å². The second-order valence-corrected chi connectivity index (χ2v) is 3.88. The Morgan fingerprint density at radius 1 is 1.11 bits per heavy atom. The van der Waals surface area contributed by atoms with E-state index >= 15 is 0 Å². The number of benzene rings is 2. The lowest BCUT2D eigenvalue weighted by Crippen LogP contribution is -2.28. The number of hydrogen-bond acceptors (Lipinski definition) is 2. The minimum Gasteiger partial charge on any atom is -0.281 e. The maximum absolute atomic E-state index is 13.5. The van der Waals surface area contributed by atoms with Crippen LogP contribution in [0.5, 0.6) is 0 Å². The number of anilines is 1. The minimum atomic E-state index is -0.789. The third-order valence-electron chi connectivity index (χ3n) is 2.64. The first-order chi connectivity index (χ1) is 8.61. The number of para-hydroxylation sites is 1. The first-order valence-corrected chi connectivity index (χ1v) is 5.45. The highest BCUT2D eigenvalue weighted by Crippen LogP contribution is 2.20. The standard InChI is InChI=1S/C14H12FNO2/c1-10-6-2-5-9-13(10)16(18)14(17)11-7-3-4-8-12(11)15/h2-9,18H,1H3. The molecule has 0 radical (unpaired) electrons. The van der Waals surface area contributed by atoms with Gasteiger partial charge in [0, 0.05) is 0 Å². The van der Waals surface area contributed by atoms with Crippen LogP contribution in [0.15, 0.2) is 48.5 Å². The Hall–Kier alpha value is -2.20. The normalized spacial score (nSPS) is 10.2. The molecule has 1 amide bonds. The summed E-state index contributed by atoms with van der Waals surface area (Å²) >= 11 is 0. The van der Waals surface area contributed by atoms with Gasteiger partial charge < -0.3 is 0 Å². The van der Waals surface area contributed by atoms with Gasteiger partial charge in [0.15, 0.2) is 0 Å². The first kappa shape index (κ1) is 12.3. The zero-order valence-electron chi connectivity index (χ0n) is 9.80. The number of carbonyl (C=O) groups excluding carboxylic acids is 1. The summed E-state index contributed by atoms with van der Waals surface area (Å²) in [6, 6.07) is 12.4. The average Bonchev–Trinajstić information content (AvgIpc) is 2.38. The van der Waals surface area contributed by atoms with E-state index in [1.54, 1.807) is 37.3 Å². The van der Waals surface area contributed by atoms with Crippen LogP contribution in [0.3, 0.4) is 0 Å². The fourth-order valence-corrected chi connectivity index (χ4v) is 1.66. The van der Waals surface area contributed by atoms with Crippen LogP contribution in [0.4, 0.5) is 10.1 Å². The second-order valence-electron chi connectivity index (χ2n) is 3.88. The molecule has 0 fully saturated rings. The van der Waals surface area contributed by atoms with Crippen molar-refractivity contribution in [1.82, 2.24) is 0 Å². The molecule has 0 aliphatic carbocycles. The predicted octanol–water partition coefficient (Wildman–Crippen LogP) is 3.17. The Bertz CT molecular complexity index is 584.